The van der Waals surface area contributed by atoms with Gasteiger partial charge in [0.2, 0.25) is 11.8 Å². The van der Waals surface area contributed by atoms with Gasteiger partial charge in [-0.2, -0.15) is 5.10 Å². The number of hydrogen-bond donors (Lipinski definition) is 0. The van der Waals surface area contributed by atoms with E-state index in [1.165, 1.54) is 16.7 Å². The monoisotopic (exact) mass is 663 g/mol. The van der Waals surface area contributed by atoms with Gasteiger partial charge in [-0.1, -0.05) is 90.0 Å². The number of likely N-dealkylation sites (tertiary alicyclic amines) is 1. The number of carbonyl (C=O) groups is 2. The first-order valence-electron chi connectivity index (χ1n) is 17.5. The third-order valence-electron chi connectivity index (χ3n) is 10.2. The lowest BCUT2D eigenvalue weighted by atomic mass is 9.94. The molecule has 1 saturated heterocycles. The Labute approximate surface area is 292 Å². The van der Waals surface area contributed by atoms with Gasteiger partial charge in [-0.25, -0.2) is 0 Å². The maximum absolute atomic E-state index is 15.1. The van der Waals surface area contributed by atoms with Crippen molar-refractivity contribution in [1.82, 2.24) is 29.4 Å². The summed E-state index contributed by atoms with van der Waals surface area (Å²) in [4.78, 5) is 33.3. The maximum Gasteiger partial charge on any atom is 0.242 e. The number of para-hydroxylation sites is 3. The minimum absolute atomic E-state index is 0.0368. The molecule has 0 spiro atoms. The maximum atomic E-state index is 15.1. The fourth-order valence-electron chi connectivity index (χ4n) is 8.03. The first-order chi connectivity index (χ1) is 24.4. The average Bonchev–Trinajstić information content (AvgIpc) is 3.68. The molecule has 2 amide bonds. The van der Waals surface area contributed by atoms with Crippen LogP contribution in [0.15, 0.2) is 97.1 Å². The second kappa shape index (κ2) is 13.0. The molecule has 9 heteroatoms. The van der Waals surface area contributed by atoms with Crippen LogP contribution in [0.3, 0.4) is 0 Å². The number of hydrogen-bond acceptors (Lipinski definition) is 5. The van der Waals surface area contributed by atoms with Gasteiger partial charge in [0.05, 0.1) is 22.6 Å². The summed E-state index contributed by atoms with van der Waals surface area (Å²) in [6.07, 6.45) is 4.10. The van der Waals surface area contributed by atoms with E-state index in [2.05, 4.69) is 37.1 Å². The molecular formula is C41H41N7O2. The zero-order valence-electron chi connectivity index (χ0n) is 28.8. The molecule has 2 aromatic heterocycles. The molecule has 4 aromatic carbocycles. The van der Waals surface area contributed by atoms with Gasteiger partial charge in [0, 0.05) is 37.0 Å². The van der Waals surface area contributed by atoms with Crippen molar-refractivity contribution >= 4 is 28.4 Å². The fourth-order valence-corrected chi connectivity index (χ4v) is 8.03. The molecule has 0 bridgehead atoms. The van der Waals surface area contributed by atoms with Crippen LogP contribution in [-0.4, -0.2) is 60.4 Å². The second-order valence-corrected chi connectivity index (χ2v) is 13.8. The van der Waals surface area contributed by atoms with Crippen LogP contribution in [0, 0.1) is 13.8 Å². The van der Waals surface area contributed by atoms with Crippen LogP contribution in [-0.2, 0) is 29.5 Å². The van der Waals surface area contributed by atoms with E-state index in [4.69, 9.17) is 10.2 Å². The summed E-state index contributed by atoms with van der Waals surface area (Å²) in [7, 11) is 1.92. The molecule has 9 nitrogen and oxygen atoms in total. The first-order valence-corrected chi connectivity index (χ1v) is 17.5. The van der Waals surface area contributed by atoms with Gasteiger partial charge in [-0.15, -0.1) is 10.2 Å². The van der Waals surface area contributed by atoms with Crippen molar-refractivity contribution in [1.29, 1.82) is 0 Å². The number of aromatic nitrogens is 5. The Morgan fingerprint density at radius 2 is 1.54 bits per heavy atom. The molecule has 0 N–H and O–H groups in total. The normalized spacial score (nSPS) is 17.5. The Morgan fingerprint density at radius 3 is 2.34 bits per heavy atom. The molecule has 0 radical (unpaired) electrons. The van der Waals surface area contributed by atoms with E-state index >= 15 is 4.79 Å². The van der Waals surface area contributed by atoms with Crippen LogP contribution in [0.5, 0.6) is 0 Å². The van der Waals surface area contributed by atoms with Gasteiger partial charge < -0.3 is 9.80 Å². The lowest BCUT2D eigenvalue weighted by Gasteiger charge is -2.37. The number of carbonyl (C=O) groups excluding carboxylic acids is 2. The van der Waals surface area contributed by atoms with Crippen molar-refractivity contribution in [2.75, 3.05) is 18.0 Å². The van der Waals surface area contributed by atoms with Crippen molar-refractivity contribution in [2.45, 2.75) is 57.9 Å². The molecule has 0 aliphatic carbocycles. The van der Waals surface area contributed by atoms with Crippen LogP contribution in [0.2, 0.25) is 0 Å². The van der Waals surface area contributed by atoms with E-state index in [0.717, 1.165) is 53.5 Å². The Balaban J connectivity index is 1.20. The fraction of sp³-hybridized carbons (Fsp3) is 0.293. The van der Waals surface area contributed by atoms with Gasteiger partial charge >= 0.3 is 0 Å². The van der Waals surface area contributed by atoms with Crippen molar-refractivity contribution in [3.05, 3.63) is 125 Å². The zero-order valence-corrected chi connectivity index (χ0v) is 28.8. The van der Waals surface area contributed by atoms with Crippen molar-refractivity contribution in [2.24, 2.45) is 7.05 Å². The molecule has 2 unspecified atom stereocenters. The largest absolute Gasteiger partial charge is 0.338 e. The molecule has 4 heterocycles. The molecule has 2 atom stereocenters. The topological polar surface area (TPSA) is 89.2 Å². The summed E-state index contributed by atoms with van der Waals surface area (Å²) in [5.41, 5.74) is 7.83. The SMILES string of the molecule is Cc1cc(C)cc(CC2CCCCN2C(=O)CN2C(=O)C(Cc3nn(C)c4ccccc34)c3nnc(-c4ccccc4)n3-c3ccccc32)c1. The predicted molar refractivity (Wildman–Crippen MR) is 195 cm³/mol. The van der Waals surface area contributed by atoms with Crippen molar-refractivity contribution in [3.8, 4) is 17.1 Å². The van der Waals surface area contributed by atoms with Crippen LogP contribution in [0.25, 0.3) is 28.0 Å². The number of amides is 2. The number of benzene rings is 4. The summed E-state index contributed by atoms with van der Waals surface area (Å²) in [6.45, 7) is 4.87. The quantitative estimate of drug-likeness (QED) is 0.189. The molecule has 0 saturated carbocycles. The smallest absolute Gasteiger partial charge is 0.242 e. The number of nitrogens with zero attached hydrogens (tertiary/aromatic N) is 7. The molecule has 252 valence electrons. The predicted octanol–water partition coefficient (Wildman–Crippen LogP) is 6.73. The van der Waals surface area contributed by atoms with Gasteiger partial charge in [0.25, 0.3) is 0 Å². The molecule has 50 heavy (non-hydrogen) atoms. The third kappa shape index (κ3) is 5.76. The van der Waals surface area contributed by atoms with E-state index in [9.17, 15) is 4.79 Å². The highest BCUT2D eigenvalue weighted by Gasteiger charge is 2.40. The van der Waals surface area contributed by atoms with Gasteiger partial charge in [0.1, 0.15) is 12.5 Å². The summed E-state index contributed by atoms with van der Waals surface area (Å²) in [5.74, 6) is 0.233. The lowest BCUT2D eigenvalue weighted by molar-refractivity contribution is -0.134. The summed E-state index contributed by atoms with van der Waals surface area (Å²) in [5, 5.41) is 15.2. The Morgan fingerprint density at radius 1 is 0.820 bits per heavy atom. The van der Waals surface area contributed by atoms with Crippen LogP contribution < -0.4 is 4.90 Å². The highest BCUT2D eigenvalue weighted by molar-refractivity contribution is 6.05. The summed E-state index contributed by atoms with van der Waals surface area (Å²) < 4.78 is 3.86. The summed E-state index contributed by atoms with van der Waals surface area (Å²) in [6, 6.07) is 32.5. The Kier molecular flexibility index (Phi) is 8.26. The molecule has 8 rings (SSSR count). The zero-order chi connectivity index (χ0) is 34.4. The molecular weight excluding hydrogens is 622 g/mol. The van der Waals surface area contributed by atoms with Crippen molar-refractivity contribution < 1.29 is 9.59 Å². The molecule has 6 aromatic rings. The minimum Gasteiger partial charge on any atom is -0.338 e. The Bertz CT molecular complexity index is 2200. The standard InChI is InChI=1S/C41H41N7O2/c1-27-21-28(2)23-29(22-27)24-31-15-11-12-20-46(31)38(49)26-47-36-18-9-10-19-37(36)48-39(30-13-5-4-6-14-30)42-43-40(48)33(41(47)50)25-34-32-16-7-8-17-35(32)45(3)44-34/h4-10,13-14,16-19,21-23,31,33H,11-12,15,20,24-26H2,1-3H3. The number of rotatable bonds is 7. The van der Waals surface area contributed by atoms with Crippen molar-refractivity contribution in [3.63, 3.8) is 0 Å². The first kappa shape index (κ1) is 31.7. The Hall–Kier alpha value is -5.57. The average molecular weight is 664 g/mol. The number of aryl methyl sites for hydroxylation is 3. The highest BCUT2D eigenvalue weighted by atomic mass is 16.2. The summed E-state index contributed by atoms with van der Waals surface area (Å²) >= 11 is 0. The van der Waals surface area contributed by atoms with Crippen LogP contribution >= 0.6 is 0 Å². The van der Waals surface area contributed by atoms with E-state index in [1.807, 2.05) is 100 Å². The number of fused-ring (bicyclic) bond motifs is 4. The van der Waals surface area contributed by atoms with Gasteiger partial charge in [0.15, 0.2) is 11.6 Å². The van der Waals surface area contributed by atoms with E-state index in [1.54, 1.807) is 4.90 Å². The van der Waals surface area contributed by atoms with E-state index in [0.29, 0.717) is 30.3 Å². The lowest BCUT2D eigenvalue weighted by Crippen LogP contribution is -2.50. The van der Waals surface area contributed by atoms with Gasteiger partial charge in [-0.3, -0.25) is 18.8 Å². The minimum atomic E-state index is -0.731. The third-order valence-corrected chi connectivity index (χ3v) is 10.2. The van der Waals surface area contributed by atoms with Crippen LogP contribution in [0.4, 0.5) is 5.69 Å². The van der Waals surface area contributed by atoms with E-state index < -0.39 is 5.92 Å². The highest BCUT2D eigenvalue weighted by Crippen LogP contribution is 2.39. The molecule has 2 aliphatic rings. The second-order valence-electron chi connectivity index (χ2n) is 13.8. The van der Waals surface area contributed by atoms with Crippen LogP contribution in [0.1, 0.15) is 53.4 Å². The van der Waals surface area contributed by atoms with E-state index in [-0.39, 0.29) is 24.4 Å². The molecule has 1 fully saturated rings. The molecule has 2 aliphatic heterocycles. The van der Waals surface area contributed by atoms with Gasteiger partial charge in [-0.05, 0) is 63.3 Å². The number of anilines is 1. The number of piperidine rings is 1.